The van der Waals surface area contributed by atoms with Crippen LogP contribution < -0.4 is 5.32 Å². The average molecular weight is 964 g/mol. The van der Waals surface area contributed by atoms with Gasteiger partial charge >= 0.3 is 0 Å². The van der Waals surface area contributed by atoms with Crippen molar-refractivity contribution in [3.63, 3.8) is 0 Å². The quantitative estimate of drug-likeness (QED) is 0.0215. The van der Waals surface area contributed by atoms with Crippen LogP contribution in [0.15, 0.2) is 48.6 Å². The molecule has 11 heteroatoms. The van der Waals surface area contributed by atoms with Crippen LogP contribution >= 0.6 is 0 Å². The molecular formula is C57H105NO10. The molecule has 1 fully saturated rings. The molecule has 0 radical (unpaired) electrons. The van der Waals surface area contributed by atoms with Gasteiger partial charge in [-0.25, -0.2) is 0 Å². The molecule has 9 unspecified atom stereocenters. The molecule has 1 saturated heterocycles. The second-order valence-electron chi connectivity index (χ2n) is 19.6. The summed E-state index contributed by atoms with van der Waals surface area (Å²) in [5.74, 6) is -0.721. The van der Waals surface area contributed by atoms with Crippen LogP contribution in [0.25, 0.3) is 0 Å². The Labute approximate surface area is 415 Å². The first kappa shape index (κ1) is 64.1. The van der Waals surface area contributed by atoms with Crippen LogP contribution in [0.3, 0.4) is 0 Å². The van der Waals surface area contributed by atoms with E-state index in [1.54, 1.807) is 0 Å². The van der Waals surface area contributed by atoms with Gasteiger partial charge in [-0.05, 0) is 89.9 Å². The van der Waals surface area contributed by atoms with Crippen molar-refractivity contribution in [3.8, 4) is 0 Å². The van der Waals surface area contributed by atoms with E-state index in [2.05, 4.69) is 67.8 Å². The summed E-state index contributed by atoms with van der Waals surface area (Å²) >= 11 is 0. The Balaban J connectivity index is 2.39. The van der Waals surface area contributed by atoms with Crippen molar-refractivity contribution in [2.45, 2.75) is 294 Å². The topological polar surface area (TPSA) is 189 Å². The number of ether oxygens (including phenoxy) is 2. The number of allylic oxidation sites excluding steroid dienone is 8. The van der Waals surface area contributed by atoms with Crippen LogP contribution in [-0.4, -0.2) is 110 Å². The second kappa shape index (κ2) is 46.2. The molecule has 1 amide bonds. The number of unbranched alkanes of at least 4 members (excludes halogenated alkanes) is 27. The zero-order valence-electron chi connectivity index (χ0n) is 43.3. The SMILES string of the molecule is CCCCCCCCCCC/C=C\CCCCCCC(O)C(=O)NC(COC1OC(CO)C(O)C(O)C1O)C(O)C(O)CCC/C=C/CC/C=C/CC/C=C/CCCCCCCCCCCCC. The smallest absolute Gasteiger partial charge is 0.249 e. The average Bonchev–Trinajstić information content (AvgIpc) is 3.34. The molecule has 0 aromatic heterocycles. The van der Waals surface area contributed by atoms with Gasteiger partial charge in [-0.15, -0.1) is 0 Å². The van der Waals surface area contributed by atoms with E-state index < -0.39 is 74.2 Å². The van der Waals surface area contributed by atoms with Crippen molar-refractivity contribution >= 4 is 5.91 Å². The molecule has 0 saturated carbocycles. The van der Waals surface area contributed by atoms with Crippen molar-refractivity contribution in [2.75, 3.05) is 13.2 Å². The summed E-state index contributed by atoms with van der Waals surface area (Å²) < 4.78 is 11.1. The molecule has 0 aromatic rings. The number of nitrogens with one attached hydrogen (secondary N) is 1. The van der Waals surface area contributed by atoms with Crippen LogP contribution in [0, 0.1) is 0 Å². The zero-order chi connectivity index (χ0) is 49.7. The molecular weight excluding hydrogens is 859 g/mol. The van der Waals surface area contributed by atoms with Crippen LogP contribution in [0.4, 0.5) is 0 Å². The van der Waals surface area contributed by atoms with Crippen molar-refractivity contribution < 1.29 is 50.0 Å². The predicted molar refractivity (Wildman–Crippen MR) is 279 cm³/mol. The minimum absolute atomic E-state index is 0.234. The fourth-order valence-electron chi connectivity index (χ4n) is 8.70. The van der Waals surface area contributed by atoms with Crippen molar-refractivity contribution in [3.05, 3.63) is 48.6 Å². The van der Waals surface area contributed by atoms with Crippen molar-refractivity contribution in [1.82, 2.24) is 5.32 Å². The fourth-order valence-corrected chi connectivity index (χ4v) is 8.70. The fraction of sp³-hybridized carbons (Fsp3) is 0.842. The Morgan fingerprint density at radius 1 is 0.500 bits per heavy atom. The maximum absolute atomic E-state index is 13.1. The minimum Gasteiger partial charge on any atom is -0.394 e. The summed E-state index contributed by atoms with van der Waals surface area (Å²) in [6, 6.07) is -1.20. The van der Waals surface area contributed by atoms with Crippen LogP contribution in [0.1, 0.15) is 239 Å². The number of amides is 1. The molecule has 0 aliphatic carbocycles. The Morgan fingerprint density at radius 2 is 0.882 bits per heavy atom. The van der Waals surface area contributed by atoms with E-state index in [9.17, 15) is 40.5 Å². The third-order valence-electron chi connectivity index (χ3n) is 13.3. The standard InChI is InChI=1S/C57H105NO10/c1-3-5-7-9-11-13-15-17-19-21-22-23-24-25-26-27-29-30-32-34-36-38-40-42-44-49(60)52(62)48(47-67-57-55(65)54(64)53(63)51(46-59)68-57)58-56(66)50(61)45-43-41-39-37-35-33-31-28-20-18-16-14-12-10-8-6-4-2/h24-25,29-31,33,36,38,48-55,57,59-65H,3-23,26-28,32,34-35,37,39-47H2,1-2H3,(H,58,66)/b25-24+,30-29+,33-31-,38-36+. The molecule has 1 aliphatic rings. The molecule has 1 aliphatic heterocycles. The lowest BCUT2D eigenvalue weighted by molar-refractivity contribution is -0.303. The lowest BCUT2D eigenvalue weighted by Crippen LogP contribution is -2.60. The monoisotopic (exact) mass is 964 g/mol. The molecule has 0 spiro atoms. The highest BCUT2D eigenvalue weighted by Crippen LogP contribution is 2.23. The third-order valence-corrected chi connectivity index (χ3v) is 13.3. The van der Waals surface area contributed by atoms with E-state index >= 15 is 0 Å². The highest BCUT2D eigenvalue weighted by molar-refractivity contribution is 5.80. The summed E-state index contributed by atoms with van der Waals surface area (Å²) in [5.41, 5.74) is 0. The molecule has 68 heavy (non-hydrogen) atoms. The number of hydrogen-bond donors (Lipinski definition) is 8. The van der Waals surface area contributed by atoms with Gasteiger partial charge in [-0.1, -0.05) is 197 Å². The van der Waals surface area contributed by atoms with E-state index in [0.717, 1.165) is 57.8 Å². The summed E-state index contributed by atoms with van der Waals surface area (Å²) in [6.45, 7) is 3.43. The van der Waals surface area contributed by atoms with Crippen LogP contribution in [0.5, 0.6) is 0 Å². The Morgan fingerprint density at radius 3 is 1.31 bits per heavy atom. The highest BCUT2D eigenvalue weighted by atomic mass is 16.7. The van der Waals surface area contributed by atoms with E-state index in [4.69, 9.17) is 9.47 Å². The van der Waals surface area contributed by atoms with Gasteiger partial charge in [0.2, 0.25) is 5.91 Å². The lowest BCUT2D eigenvalue weighted by atomic mass is 9.98. The highest BCUT2D eigenvalue weighted by Gasteiger charge is 2.44. The molecule has 1 heterocycles. The first-order valence-electron chi connectivity index (χ1n) is 28.0. The van der Waals surface area contributed by atoms with Gasteiger partial charge in [0, 0.05) is 0 Å². The molecule has 0 aromatic carbocycles. The van der Waals surface area contributed by atoms with Gasteiger partial charge in [0.15, 0.2) is 6.29 Å². The summed E-state index contributed by atoms with van der Waals surface area (Å²) in [5, 5.41) is 76.0. The normalized spacial score (nSPS) is 20.9. The van der Waals surface area contributed by atoms with E-state index in [0.29, 0.717) is 19.3 Å². The van der Waals surface area contributed by atoms with Crippen LogP contribution in [0.2, 0.25) is 0 Å². The molecule has 0 bridgehead atoms. The first-order valence-corrected chi connectivity index (χ1v) is 28.0. The number of carbonyl (C=O) groups excluding carboxylic acids is 1. The maximum Gasteiger partial charge on any atom is 0.249 e. The Kier molecular flexibility index (Phi) is 43.5. The number of hydrogen-bond acceptors (Lipinski definition) is 10. The van der Waals surface area contributed by atoms with Gasteiger partial charge in [0.05, 0.1) is 25.4 Å². The Bertz CT molecular complexity index is 1240. The predicted octanol–water partition coefficient (Wildman–Crippen LogP) is 11.3. The minimum atomic E-state index is -1.68. The Hall–Kier alpha value is -1.93. The zero-order valence-corrected chi connectivity index (χ0v) is 43.3. The third kappa shape index (κ3) is 34.4. The van der Waals surface area contributed by atoms with Crippen LogP contribution in [-0.2, 0) is 14.3 Å². The van der Waals surface area contributed by atoms with Gasteiger partial charge in [-0.3, -0.25) is 4.79 Å². The van der Waals surface area contributed by atoms with Gasteiger partial charge in [-0.2, -0.15) is 0 Å². The van der Waals surface area contributed by atoms with E-state index in [-0.39, 0.29) is 12.8 Å². The molecule has 398 valence electrons. The molecule has 8 N–H and O–H groups in total. The van der Waals surface area contributed by atoms with Gasteiger partial charge in [0.1, 0.15) is 36.6 Å². The number of rotatable bonds is 47. The van der Waals surface area contributed by atoms with E-state index in [1.807, 2.05) is 0 Å². The van der Waals surface area contributed by atoms with Gasteiger partial charge < -0.3 is 50.5 Å². The number of aliphatic hydroxyl groups is 7. The molecule has 1 rings (SSSR count). The molecule has 11 nitrogen and oxygen atoms in total. The first-order chi connectivity index (χ1) is 33.2. The van der Waals surface area contributed by atoms with Crippen molar-refractivity contribution in [1.29, 1.82) is 0 Å². The maximum atomic E-state index is 13.1. The summed E-state index contributed by atoms with van der Waals surface area (Å²) in [7, 11) is 0. The van der Waals surface area contributed by atoms with Gasteiger partial charge in [0.25, 0.3) is 0 Å². The largest absolute Gasteiger partial charge is 0.394 e. The number of carbonyl (C=O) groups is 1. The summed E-state index contributed by atoms with van der Waals surface area (Å²) in [6.07, 6.45) is 45.9. The summed E-state index contributed by atoms with van der Waals surface area (Å²) in [4.78, 5) is 13.1. The lowest BCUT2D eigenvalue weighted by Gasteiger charge is -2.40. The second-order valence-corrected chi connectivity index (χ2v) is 19.6. The molecule has 9 atom stereocenters. The van der Waals surface area contributed by atoms with E-state index in [1.165, 1.54) is 135 Å². The van der Waals surface area contributed by atoms with Crippen molar-refractivity contribution in [2.24, 2.45) is 0 Å². The number of aliphatic hydroxyl groups excluding tert-OH is 7.